The second-order valence-corrected chi connectivity index (χ2v) is 8.90. The van der Waals surface area contributed by atoms with Gasteiger partial charge in [0.25, 0.3) is 0 Å². The number of thioether (sulfide) groups is 1. The first-order valence-corrected chi connectivity index (χ1v) is 10.7. The van der Waals surface area contributed by atoms with Crippen LogP contribution >= 0.6 is 11.8 Å². The lowest BCUT2D eigenvalue weighted by atomic mass is 9.95. The molecule has 0 bridgehead atoms. The van der Waals surface area contributed by atoms with Crippen molar-refractivity contribution in [2.75, 3.05) is 44.4 Å². The third kappa shape index (κ3) is 4.24. The van der Waals surface area contributed by atoms with Crippen LogP contribution < -0.4 is 4.90 Å². The smallest absolute Gasteiger partial charge is 0.0720 e. The molecule has 0 amide bonds. The first-order valence-electron chi connectivity index (χ1n) is 9.61. The molecule has 1 saturated heterocycles. The predicted molar refractivity (Wildman–Crippen MR) is 107 cm³/mol. The highest BCUT2D eigenvalue weighted by atomic mass is 32.2. The van der Waals surface area contributed by atoms with E-state index in [2.05, 4.69) is 53.6 Å². The van der Waals surface area contributed by atoms with E-state index in [0.29, 0.717) is 12.0 Å². The van der Waals surface area contributed by atoms with Crippen LogP contribution in [0.5, 0.6) is 0 Å². The molecular weight excluding hydrogens is 328 g/mol. The van der Waals surface area contributed by atoms with Crippen molar-refractivity contribution in [3.05, 3.63) is 40.8 Å². The lowest BCUT2D eigenvalue weighted by Gasteiger charge is -2.24. The molecule has 0 N–H and O–H groups in total. The minimum atomic E-state index is 0.548. The number of benzene rings is 1. The summed E-state index contributed by atoms with van der Waals surface area (Å²) in [5, 5.41) is 2.25. The maximum atomic E-state index is 6.06. The number of likely N-dealkylation sites (N-methyl/N-ethyl adjacent to an activating group) is 1. The largest absolute Gasteiger partial charge is 0.376 e. The van der Waals surface area contributed by atoms with Crippen LogP contribution in [0, 0.1) is 5.92 Å². The molecule has 4 heteroatoms. The molecule has 4 rings (SSSR count). The standard InChI is InChI=1S/C21H30N2OS/c1-22(2)20-7-9-23(12-20)19-5-6-21(17-8-10-25-15-17)18(11-19)14-24-13-16-3-4-16/h5-6,8,10-11,16-17,20H,3-4,7,9,12-15H2,1-2H3. The van der Waals surface area contributed by atoms with Crippen molar-refractivity contribution in [1.29, 1.82) is 0 Å². The Labute approximate surface area is 156 Å². The summed E-state index contributed by atoms with van der Waals surface area (Å²) in [6, 6.07) is 7.75. The number of ether oxygens (including phenoxy) is 1. The van der Waals surface area contributed by atoms with Crippen molar-refractivity contribution in [1.82, 2.24) is 4.90 Å². The van der Waals surface area contributed by atoms with Crippen LogP contribution in [-0.4, -0.2) is 50.5 Å². The number of hydrogen-bond donors (Lipinski definition) is 0. The molecule has 3 nitrogen and oxygen atoms in total. The Morgan fingerprint density at radius 3 is 2.80 bits per heavy atom. The van der Waals surface area contributed by atoms with E-state index < -0.39 is 0 Å². The summed E-state index contributed by atoms with van der Waals surface area (Å²) < 4.78 is 6.06. The average molecular weight is 359 g/mol. The fraction of sp³-hybridized carbons (Fsp3) is 0.619. The summed E-state index contributed by atoms with van der Waals surface area (Å²) in [6.45, 7) is 3.99. The van der Waals surface area contributed by atoms with E-state index in [1.54, 1.807) is 0 Å². The zero-order chi connectivity index (χ0) is 17.2. The average Bonchev–Trinajstić information content (AvgIpc) is 3.10. The number of rotatable bonds is 7. The highest BCUT2D eigenvalue weighted by Gasteiger charge is 2.26. The normalized spacial score (nSPS) is 26.1. The Morgan fingerprint density at radius 1 is 1.24 bits per heavy atom. The van der Waals surface area contributed by atoms with Gasteiger partial charge in [-0.1, -0.05) is 12.1 Å². The highest BCUT2D eigenvalue weighted by Crippen LogP contribution is 2.35. The molecule has 25 heavy (non-hydrogen) atoms. The minimum Gasteiger partial charge on any atom is -0.376 e. The van der Waals surface area contributed by atoms with Gasteiger partial charge in [-0.3, -0.25) is 0 Å². The van der Waals surface area contributed by atoms with Gasteiger partial charge in [0, 0.05) is 43.1 Å². The Bertz CT molecular complexity index is 626. The van der Waals surface area contributed by atoms with Gasteiger partial charge in [-0.2, -0.15) is 0 Å². The summed E-state index contributed by atoms with van der Waals surface area (Å²) in [5.74, 6) is 2.54. The summed E-state index contributed by atoms with van der Waals surface area (Å²) >= 11 is 1.92. The van der Waals surface area contributed by atoms with Gasteiger partial charge in [0.2, 0.25) is 0 Å². The van der Waals surface area contributed by atoms with Crippen molar-refractivity contribution in [3.63, 3.8) is 0 Å². The maximum Gasteiger partial charge on any atom is 0.0720 e. The van der Waals surface area contributed by atoms with Crippen LogP contribution in [0.3, 0.4) is 0 Å². The second kappa shape index (κ2) is 7.73. The molecule has 0 radical (unpaired) electrons. The quantitative estimate of drug-likeness (QED) is 0.729. The van der Waals surface area contributed by atoms with E-state index in [4.69, 9.17) is 4.74 Å². The predicted octanol–water partition coefficient (Wildman–Crippen LogP) is 4.10. The molecule has 2 unspecified atom stereocenters. The van der Waals surface area contributed by atoms with Crippen molar-refractivity contribution in [2.24, 2.45) is 5.92 Å². The molecule has 1 saturated carbocycles. The van der Waals surface area contributed by atoms with Crippen molar-refractivity contribution in [3.8, 4) is 0 Å². The topological polar surface area (TPSA) is 15.7 Å². The summed E-state index contributed by atoms with van der Waals surface area (Å²) in [4.78, 5) is 4.90. The van der Waals surface area contributed by atoms with Crippen molar-refractivity contribution >= 4 is 17.4 Å². The van der Waals surface area contributed by atoms with Crippen LogP contribution in [0.4, 0.5) is 5.69 Å². The van der Waals surface area contributed by atoms with Gasteiger partial charge in [-0.25, -0.2) is 0 Å². The number of nitrogens with zero attached hydrogens (tertiary/aromatic N) is 2. The minimum absolute atomic E-state index is 0.548. The van der Waals surface area contributed by atoms with E-state index in [-0.39, 0.29) is 0 Å². The number of anilines is 1. The van der Waals surface area contributed by atoms with Gasteiger partial charge in [0.1, 0.15) is 0 Å². The molecule has 1 aromatic carbocycles. The highest BCUT2D eigenvalue weighted by molar-refractivity contribution is 8.02. The molecule has 1 aromatic rings. The van der Waals surface area contributed by atoms with Gasteiger partial charge in [-0.05, 0) is 67.9 Å². The van der Waals surface area contributed by atoms with Gasteiger partial charge in [0.05, 0.1) is 6.61 Å². The fourth-order valence-electron chi connectivity index (χ4n) is 3.85. The Morgan fingerprint density at radius 2 is 2.12 bits per heavy atom. The molecule has 0 aromatic heterocycles. The van der Waals surface area contributed by atoms with Gasteiger partial charge in [0.15, 0.2) is 0 Å². The zero-order valence-electron chi connectivity index (χ0n) is 15.5. The van der Waals surface area contributed by atoms with Gasteiger partial charge in [-0.15, -0.1) is 11.8 Å². The monoisotopic (exact) mass is 358 g/mol. The lowest BCUT2D eigenvalue weighted by molar-refractivity contribution is 0.110. The summed E-state index contributed by atoms with van der Waals surface area (Å²) in [7, 11) is 4.39. The second-order valence-electron chi connectivity index (χ2n) is 7.96. The van der Waals surface area contributed by atoms with E-state index in [1.807, 2.05) is 11.8 Å². The van der Waals surface area contributed by atoms with Crippen LogP contribution in [-0.2, 0) is 11.3 Å². The van der Waals surface area contributed by atoms with E-state index >= 15 is 0 Å². The molecule has 2 fully saturated rings. The Kier molecular flexibility index (Phi) is 5.39. The first kappa shape index (κ1) is 17.4. The van der Waals surface area contributed by atoms with Crippen LogP contribution in [0.25, 0.3) is 0 Å². The fourth-order valence-corrected chi connectivity index (χ4v) is 4.76. The van der Waals surface area contributed by atoms with Crippen molar-refractivity contribution in [2.45, 2.75) is 37.8 Å². The molecular formula is C21H30N2OS. The third-order valence-corrected chi connectivity index (χ3v) is 6.68. The van der Waals surface area contributed by atoms with Crippen LogP contribution in [0.15, 0.2) is 29.7 Å². The molecule has 0 spiro atoms. The summed E-state index contributed by atoms with van der Waals surface area (Å²) in [5.41, 5.74) is 4.22. The Balaban J connectivity index is 1.50. The summed E-state index contributed by atoms with van der Waals surface area (Å²) in [6.07, 6.45) is 6.31. The number of allylic oxidation sites excluding steroid dienone is 1. The lowest BCUT2D eigenvalue weighted by Crippen LogP contribution is -2.31. The zero-order valence-corrected chi connectivity index (χ0v) is 16.3. The van der Waals surface area contributed by atoms with Crippen LogP contribution in [0.1, 0.15) is 36.3 Å². The SMILES string of the molecule is CN(C)C1CCN(c2ccc(C3C=CSC3)c(COCC3CC3)c2)C1. The third-order valence-electron chi connectivity index (χ3n) is 5.78. The van der Waals surface area contributed by atoms with E-state index in [9.17, 15) is 0 Å². The van der Waals surface area contributed by atoms with Crippen molar-refractivity contribution < 1.29 is 4.74 Å². The Hall–Kier alpha value is -0.970. The van der Waals surface area contributed by atoms with Gasteiger partial charge < -0.3 is 14.5 Å². The van der Waals surface area contributed by atoms with Gasteiger partial charge >= 0.3 is 0 Å². The maximum absolute atomic E-state index is 6.06. The first-order chi connectivity index (χ1) is 12.2. The van der Waals surface area contributed by atoms with E-state index in [1.165, 1.54) is 41.8 Å². The molecule has 3 aliphatic rings. The van der Waals surface area contributed by atoms with E-state index in [0.717, 1.165) is 32.2 Å². The molecule has 136 valence electrons. The molecule has 2 aliphatic heterocycles. The number of hydrogen-bond acceptors (Lipinski definition) is 4. The molecule has 2 heterocycles. The molecule has 2 atom stereocenters. The molecule has 1 aliphatic carbocycles. The van der Waals surface area contributed by atoms with Crippen LogP contribution in [0.2, 0.25) is 0 Å².